The molecule has 0 fully saturated rings. The molecule has 2 heteroatoms. The Labute approximate surface area is 92.5 Å². The quantitative estimate of drug-likeness (QED) is 0.719. The van der Waals surface area contributed by atoms with E-state index in [9.17, 15) is 4.79 Å². The zero-order valence-electron chi connectivity index (χ0n) is 10.1. The van der Waals surface area contributed by atoms with Crippen LogP contribution in [0.4, 0.5) is 0 Å². The van der Waals surface area contributed by atoms with Gasteiger partial charge in [0.05, 0.1) is 0 Å². The van der Waals surface area contributed by atoms with Crippen molar-refractivity contribution in [2.45, 2.75) is 33.1 Å². The number of hydrogen-bond donors (Lipinski definition) is 1. The summed E-state index contributed by atoms with van der Waals surface area (Å²) in [6, 6.07) is 7.72. The van der Waals surface area contributed by atoms with E-state index in [0.29, 0.717) is 0 Å². The van der Waals surface area contributed by atoms with E-state index in [1.807, 2.05) is 31.2 Å². The normalized spacial score (nSPS) is 10.2. The number of hydrogen-bond acceptors (Lipinski definition) is 2. The van der Waals surface area contributed by atoms with Crippen molar-refractivity contribution < 1.29 is 4.79 Å². The highest BCUT2D eigenvalue weighted by molar-refractivity contribution is 5.74. The Bertz CT molecular complexity index is 282. The second-order valence-electron chi connectivity index (χ2n) is 4.40. The molecule has 0 amide bonds. The van der Waals surface area contributed by atoms with Crippen LogP contribution in [0.5, 0.6) is 0 Å². The topological polar surface area (TPSA) is 43.1 Å². The van der Waals surface area contributed by atoms with Crippen LogP contribution in [0.15, 0.2) is 24.3 Å². The van der Waals surface area contributed by atoms with E-state index in [1.165, 1.54) is 5.56 Å². The number of carbonyl (C=O) groups excluding carboxylic acids is 1. The fourth-order valence-electron chi connectivity index (χ4n) is 1.06. The Morgan fingerprint density at radius 2 is 1.60 bits per heavy atom. The minimum Gasteiger partial charge on any atom is -0.331 e. The Balaban J connectivity index is 0.000000583. The van der Waals surface area contributed by atoms with Crippen molar-refractivity contribution in [3.05, 3.63) is 35.4 Å². The Morgan fingerprint density at radius 1 is 1.20 bits per heavy atom. The molecule has 2 nitrogen and oxygen atoms in total. The van der Waals surface area contributed by atoms with Gasteiger partial charge in [-0.2, -0.15) is 0 Å². The van der Waals surface area contributed by atoms with Crippen LogP contribution in [-0.4, -0.2) is 12.8 Å². The first-order valence-corrected chi connectivity index (χ1v) is 5.21. The first kappa shape index (κ1) is 13.8. The van der Waals surface area contributed by atoms with Crippen molar-refractivity contribution in [2.24, 2.45) is 5.73 Å². The zero-order valence-corrected chi connectivity index (χ0v) is 10.1. The second-order valence-corrected chi connectivity index (χ2v) is 4.40. The van der Waals surface area contributed by atoms with Gasteiger partial charge in [0.1, 0.15) is 6.29 Å². The molecule has 1 aromatic rings. The van der Waals surface area contributed by atoms with Gasteiger partial charge in [0, 0.05) is 5.56 Å². The van der Waals surface area contributed by atoms with Crippen LogP contribution in [0.3, 0.4) is 0 Å². The van der Waals surface area contributed by atoms with Crippen molar-refractivity contribution in [2.75, 3.05) is 6.54 Å². The molecular weight excluding hydrogens is 186 g/mol. The first-order valence-electron chi connectivity index (χ1n) is 5.21. The van der Waals surface area contributed by atoms with E-state index >= 15 is 0 Å². The average Bonchev–Trinajstić information content (AvgIpc) is 2.18. The van der Waals surface area contributed by atoms with Crippen LogP contribution in [0.2, 0.25) is 0 Å². The van der Waals surface area contributed by atoms with Gasteiger partial charge in [-0.25, -0.2) is 0 Å². The van der Waals surface area contributed by atoms with Crippen molar-refractivity contribution in [3.63, 3.8) is 0 Å². The second kappa shape index (κ2) is 6.36. The minimum atomic E-state index is 0.168. The van der Waals surface area contributed by atoms with Crippen LogP contribution in [0.25, 0.3) is 0 Å². The molecule has 2 N–H and O–H groups in total. The van der Waals surface area contributed by atoms with E-state index < -0.39 is 0 Å². The summed E-state index contributed by atoms with van der Waals surface area (Å²) < 4.78 is 0. The fourth-order valence-corrected chi connectivity index (χ4v) is 1.06. The summed E-state index contributed by atoms with van der Waals surface area (Å²) in [5.41, 5.74) is 7.01. The molecule has 0 aliphatic carbocycles. The van der Waals surface area contributed by atoms with Gasteiger partial charge in [-0.1, -0.05) is 52.0 Å². The molecule has 0 heterocycles. The summed E-state index contributed by atoms with van der Waals surface area (Å²) in [6.07, 6.45) is 0.867. The lowest BCUT2D eigenvalue weighted by atomic mass is 9.87. The summed E-state index contributed by atoms with van der Waals surface area (Å²) in [4.78, 5) is 10.4. The predicted octanol–water partition coefficient (Wildman–Crippen LogP) is 2.76. The number of nitrogens with two attached hydrogens (primary N) is 1. The standard InChI is InChI=1S/C11H14O.C2H7N/c1-11(2,3)10-6-4-9(8-12)5-7-10;1-2-3/h4-8H,1-3H3;2-3H2,1H3. The lowest BCUT2D eigenvalue weighted by Gasteiger charge is -2.18. The first-order chi connectivity index (χ1) is 6.95. The summed E-state index contributed by atoms with van der Waals surface area (Å²) >= 11 is 0. The molecule has 0 aromatic heterocycles. The van der Waals surface area contributed by atoms with Gasteiger partial charge >= 0.3 is 0 Å². The largest absolute Gasteiger partial charge is 0.331 e. The van der Waals surface area contributed by atoms with Gasteiger partial charge in [0.25, 0.3) is 0 Å². The summed E-state index contributed by atoms with van der Waals surface area (Å²) in [7, 11) is 0. The maximum Gasteiger partial charge on any atom is 0.150 e. The van der Waals surface area contributed by atoms with Crippen molar-refractivity contribution in [1.82, 2.24) is 0 Å². The molecule has 0 spiro atoms. The van der Waals surface area contributed by atoms with Crippen LogP contribution in [0.1, 0.15) is 43.6 Å². The third-order valence-electron chi connectivity index (χ3n) is 1.91. The van der Waals surface area contributed by atoms with Crippen molar-refractivity contribution >= 4 is 6.29 Å². The Hall–Kier alpha value is -1.15. The molecule has 15 heavy (non-hydrogen) atoms. The lowest BCUT2D eigenvalue weighted by molar-refractivity contribution is 0.112. The molecule has 1 rings (SSSR count). The minimum absolute atomic E-state index is 0.168. The molecule has 1 aromatic carbocycles. The highest BCUT2D eigenvalue weighted by atomic mass is 16.1. The van der Waals surface area contributed by atoms with Gasteiger partial charge in [0.15, 0.2) is 0 Å². The number of aldehydes is 1. The molecule has 0 aliphatic heterocycles. The molecule has 0 saturated carbocycles. The predicted molar refractivity (Wildman–Crippen MR) is 65.3 cm³/mol. The smallest absolute Gasteiger partial charge is 0.150 e. The molecule has 0 saturated heterocycles. The van der Waals surface area contributed by atoms with Crippen LogP contribution < -0.4 is 5.73 Å². The maximum absolute atomic E-state index is 10.4. The van der Waals surface area contributed by atoms with Gasteiger partial charge in [-0.3, -0.25) is 4.79 Å². The number of rotatable bonds is 1. The maximum atomic E-state index is 10.4. The molecule has 0 aliphatic rings. The molecule has 0 atom stereocenters. The summed E-state index contributed by atoms with van der Waals surface area (Å²) in [6.45, 7) is 9.12. The molecule has 0 radical (unpaired) electrons. The van der Waals surface area contributed by atoms with Crippen molar-refractivity contribution in [1.29, 1.82) is 0 Å². The zero-order chi connectivity index (χ0) is 11.9. The van der Waals surface area contributed by atoms with Crippen LogP contribution in [-0.2, 0) is 5.41 Å². The highest BCUT2D eigenvalue weighted by Gasteiger charge is 2.12. The summed E-state index contributed by atoms with van der Waals surface area (Å²) in [5, 5.41) is 0. The van der Waals surface area contributed by atoms with E-state index in [0.717, 1.165) is 18.4 Å². The van der Waals surface area contributed by atoms with E-state index in [1.54, 1.807) is 0 Å². The van der Waals surface area contributed by atoms with Crippen molar-refractivity contribution in [3.8, 4) is 0 Å². The van der Waals surface area contributed by atoms with Gasteiger partial charge in [-0.05, 0) is 17.5 Å². The van der Waals surface area contributed by atoms with Gasteiger partial charge in [0.2, 0.25) is 0 Å². The molecule has 0 unspecified atom stereocenters. The third kappa shape index (κ3) is 5.33. The average molecular weight is 207 g/mol. The molecule has 84 valence electrons. The Kier molecular flexibility index (Phi) is 5.87. The van der Waals surface area contributed by atoms with E-state index in [2.05, 4.69) is 20.8 Å². The van der Waals surface area contributed by atoms with E-state index in [4.69, 9.17) is 5.73 Å². The third-order valence-corrected chi connectivity index (χ3v) is 1.91. The van der Waals surface area contributed by atoms with Crippen LogP contribution in [0, 0.1) is 0 Å². The monoisotopic (exact) mass is 207 g/mol. The Morgan fingerprint density at radius 3 is 1.87 bits per heavy atom. The molecular formula is C13H21NO. The highest BCUT2D eigenvalue weighted by Crippen LogP contribution is 2.21. The van der Waals surface area contributed by atoms with Gasteiger partial charge in [-0.15, -0.1) is 0 Å². The van der Waals surface area contributed by atoms with Gasteiger partial charge < -0.3 is 5.73 Å². The molecule has 0 bridgehead atoms. The number of benzene rings is 1. The SMILES string of the molecule is CC(C)(C)c1ccc(C=O)cc1.CCN. The van der Waals surface area contributed by atoms with Crippen LogP contribution >= 0.6 is 0 Å². The van der Waals surface area contributed by atoms with E-state index in [-0.39, 0.29) is 5.41 Å². The number of carbonyl (C=O) groups is 1. The lowest BCUT2D eigenvalue weighted by Crippen LogP contribution is -2.10. The summed E-state index contributed by atoms with van der Waals surface area (Å²) in [5.74, 6) is 0. The fraction of sp³-hybridized carbons (Fsp3) is 0.462.